The summed E-state index contributed by atoms with van der Waals surface area (Å²) in [5.41, 5.74) is 1.65. The number of amides is 1. The second-order valence-corrected chi connectivity index (χ2v) is 6.05. The number of aliphatic carboxylic acids is 1. The molecule has 0 radical (unpaired) electrons. The number of fused-ring (bicyclic) bond motifs is 1. The largest absolute Gasteiger partial charge is 0.482 e. The second-order valence-electron chi connectivity index (χ2n) is 6.05. The molecule has 1 aromatic heterocycles. The van der Waals surface area contributed by atoms with E-state index in [1.54, 1.807) is 18.2 Å². The zero-order chi connectivity index (χ0) is 20.6. The number of carbonyl (C=O) groups excluding carboxylic acids is 2. The molecule has 0 saturated carbocycles. The van der Waals surface area contributed by atoms with Crippen LogP contribution in [0.2, 0.25) is 0 Å². The van der Waals surface area contributed by atoms with Gasteiger partial charge < -0.3 is 19.9 Å². The minimum Gasteiger partial charge on any atom is -0.482 e. The highest BCUT2D eigenvalue weighted by Crippen LogP contribution is 2.22. The third kappa shape index (κ3) is 5.52. The van der Waals surface area contributed by atoms with E-state index in [4.69, 9.17) is 14.6 Å². The molecule has 3 aromatic rings. The molecule has 0 atom stereocenters. The van der Waals surface area contributed by atoms with E-state index in [1.165, 1.54) is 12.3 Å². The quantitative estimate of drug-likeness (QED) is 0.563. The molecular weight excluding hydrogens is 376 g/mol. The lowest BCUT2D eigenvalue weighted by Crippen LogP contribution is -2.29. The molecule has 8 nitrogen and oxygen atoms in total. The minimum absolute atomic E-state index is 0.164. The first-order valence-electron chi connectivity index (χ1n) is 8.74. The molecule has 2 aromatic carbocycles. The number of hydrogen-bond donors (Lipinski definition) is 2. The van der Waals surface area contributed by atoms with Crippen LogP contribution in [0.3, 0.4) is 0 Å². The van der Waals surface area contributed by atoms with E-state index in [-0.39, 0.29) is 13.2 Å². The van der Waals surface area contributed by atoms with Crippen molar-refractivity contribution >= 4 is 28.7 Å². The van der Waals surface area contributed by atoms with Crippen LogP contribution in [0.5, 0.6) is 5.75 Å². The lowest BCUT2D eigenvalue weighted by atomic mass is 10.1. The van der Waals surface area contributed by atoms with Crippen molar-refractivity contribution in [3.05, 3.63) is 71.9 Å². The van der Waals surface area contributed by atoms with Gasteiger partial charge in [0, 0.05) is 17.6 Å². The van der Waals surface area contributed by atoms with E-state index < -0.39 is 24.4 Å². The molecule has 0 aliphatic heterocycles. The van der Waals surface area contributed by atoms with Crippen molar-refractivity contribution in [3.8, 4) is 5.75 Å². The van der Waals surface area contributed by atoms with Crippen LogP contribution in [0.1, 0.15) is 15.9 Å². The lowest BCUT2D eigenvalue weighted by molar-refractivity contribution is -0.147. The summed E-state index contributed by atoms with van der Waals surface area (Å²) in [5, 5.41) is 11.5. The SMILES string of the molecule is O=C(O)CNC(=O)c1ccnc2cc(OCC(=O)OCc3ccccc3)ccc12. The molecule has 1 heterocycles. The fraction of sp³-hybridized carbons (Fsp3) is 0.143. The van der Waals surface area contributed by atoms with Crippen molar-refractivity contribution in [2.75, 3.05) is 13.2 Å². The van der Waals surface area contributed by atoms with Gasteiger partial charge in [0.05, 0.1) is 11.1 Å². The first kappa shape index (κ1) is 19.8. The Labute approximate surface area is 166 Å². The highest BCUT2D eigenvalue weighted by atomic mass is 16.6. The smallest absolute Gasteiger partial charge is 0.344 e. The number of hydrogen-bond acceptors (Lipinski definition) is 6. The third-order valence-electron chi connectivity index (χ3n) is 3.96. The van der Waals surface area contributed by atoms with Gasteiger partial charge in [-0.3, -0.25) is 14.6 Å². The normalized spacial score (nSPS) is 10.3. The van der Waals surface area contributed by atoms with Gasteiger partial charge >= 0.3 is 11.9 Å². The van der Waals surface area contributed by atoms with Crippen LogP contribution in [0, 0.1) is 0 Å². The van der Waals surface area contributed by atoms with Crippen LogP contribution in [0.4, 0.5) is 0 Å². The highest BCUT2D eigenvalue weighted by Gasteiger charge is 2.13. The summed E-state index contributed by atoms with van der Waals surface area (Å²) in [7, 11) is 0. The number of carboxylic acids is 1. The molecule has 0 saturated heterocycles. The Balaban J connectivity index is 1.61. The van der Waals surface area contributed by atoms with Crippen LogP contribution in [-0.2, 0) is 20.9 Å². The summed E-state index contributed by atoms with van der Waals surface area (Å²) >= 11 is 0. The van der Waals surface area contributed by atoms with Gasteiger partial charge in [-0.05, 0) is 23.8 Å². The van der Waals surface area contributed by atoms with Crippen LogP contribution >= 0.6 is 0 Å². The van der Waals surface area contributed by atoms with Gasteiger partial charge in [-0.2, -0.15) is 0 Å². The van der Waals surface area contributed by atoms with Gasteiger partial charge in [0.2, 0.25) is 0 Å². The zero-order valence-corrected chi connectivity index (χ0v) is 15.3. The van der Waals surface area contributed by atoms with Crippen molar-refractivity contribution in [2.45, 2.75) is 6.61 Å². The zero-order valence-electron chi connectivity index (χ0n) is 15.3. The van der Waals surface area contributed by atoms with E-state index in [0.29, 0.717) is 22.2 Å². The molecule has 0 unspecified atom stereocenters. The van der Waals surface area contributed by atoms with Crippen LogP contribution in [0.25, 0.3) is 10.9 Å². The molecule has 0 aliphatic rings. The molecule has 0 fully saturated rings. The molecule has 0 aliphatic carbocycles. The Morgan fingerprint density at radius 2 is 1.83 bits per heavy atom. The molecule has 1 amide bonds. The number of benzene rings is 2. The topological polar surface area (TPSA) is 115 Å². The molecule has 3 rings (SSSR count). The predicted molar refractivity (Wildman–Crippen MR) is 103 cm³/mol. The Bertz CT molecular complexity index is 1040. The summed E-state index contributed by atoms with van der Waals surface area (Å²) in [6.07, 6.45) is 1.44. The summed E-state index contributed by atoms with van der Waals surface area (Å²) in [6, 6.07) is 15.6. The summed E-state index contributed by atoms with van der Waals surface area (Å²) in [5.74, 6) is -1.77. The fourth-order valence-electron chi connectivity index (χ4n) is 2.59. The van der Waals surface area contributed by atoms with Gasteiger partial charge in [-0.25, -0.2) is 4.79 Å². The molecule has 8 heteroatoms. The number of nitrogens with one attached hydrogen (secondary N) is 1. The Morgan fingerprint density at radius 1 is 1.03 bits per heavy atom. The fourth-order valence-corrected chi connectivity index (χ4v) is 2.59. The van der Waals surface area contributed by atoms with Crippen molar-refractivity contribution in [3.63, 3.8) is 0 Å². The molecule has 2 N–H and O–H groups in total. The standard InChI is InChI=1S/C21H18N2O6/c24-19(25)11-23-21(27)17-8-9-22-18-10-15(6-7-16(17)18)28-13-20(26)29-12-14-4-2-1-3-5-14/h1-10H,11-13H2,(H,23,27)(H,24,25). The summed E-state index contributed by atoms with van der Waals surface area (Å²) in [6.45, 7) is -0.580. The van der Waals surface area contributed by atoms with Crippen molar-refractivity contribution in [1.29, 1.82) is 0 Å². The number of nitrogens with zero attached hydrogens (tertiary/aromatic N) is 1. The van der Waals surface area contributed by atoms with Gasteiger partial charge in [0.25, 0.3) is 5.91 Å². The van der Waals surface area contributed by atoms with Crippen LogP contribution in [0.15, 0.2) is 60.8 Å². The predicted octanol–water partition coefficient (Wildman–Crippen LogP) is 2.17. The van der Waals surface area contributed by atoms with E-state index in [2.05, 4.69) is 10.3 Å². The summed E-state index contributed by atoms with van der Waals surface area (Å²) < 4.78 is 10.6. The number of pyridine rings is 1. The summed E-state index contributed by atoms with van der Waals surface area (Å²) in [4.78, 5) is 38.8. The maximum atomic E-state index is 12.2. The number of carboxylic acid groups (broad SMARTS) is 1. The monoisotopic (exact) mass is 394 g/mol. The molecule has 0 spiro atoms. The van der Waals surface area contributed by atoms with E-state index in [0.717, 1.165) is 5.56 Å². The minimum atomic E-state index is -1.13. The van der Waals surface area contributed by atoms with E-state index in [9.17, 15) is 14.4 Å². The molecular formula is C21H18N2O6. The highest BCUT2D eigenvalue weighted by molar-refractivity contribution is 6.06. The number of esters is 1. The number of ether oxygens (including phenoxy) is 2. The maximum absolute atomic E-state index is 12.2. The van der Waals surface area contributed by atoms with Crippen molar-refractivity contribution in [2.24, 2.45) is 0 Å². The van der Waals surface area contributed by atoms with Gasteiger partial charge in [0.1, 0.15) is 18.9 Å². The Kier molecular flexibility index (Phi) is 6.36. The van der Waals surface area contributed by atoms with Gasteiger partial charge in [-0.1, -0.05) is 30.3 Å². The molecule has 0 bridgehead atoms. The molecule has 148 valence electrons. The second kappa shape index (κ2) is 9.32. The van der Waals surface area contributed by atoms with E-state index >= 15 is 0 Å². The van der Waals surface area contributed by atoms with Gasteiger partial charge in [-0.15, -0.1) is 0 Å². The van der Waals surface area contributed by atoms with Crippen LogP contribution < -0.4 is 10.1 Å². The van der Waals surface area contributed by atoms with Crippen LogP contribution in [-0.4, -0.2) is 41.1 Å². The van der Waals surface area contributed by atoms with Crippen molar-refractivity contribution < 1.29 is 29.0 Å². The lowest BCUT2D eigenvalue weighted by Gasteiger charge is -2.09. The van der Waals surface area contributed by atoms with Gasteiger partial charge in [0.15, 0.2) is 6.61 Å². The Hall–Kier alpha value is -3.94. The van der Waals surface area contributed by atoms with E-state index in [1.807, 2.05) is 30.3 Å². The molecule has 29 heavy (non-hydrogen) atoms. The number of rotatable bonds is 8. The average molecular weight is 394 g/mol. The first-order chi connectivity index (χ1) is 14.0. The first-order valence-corrected chi connectivity index (χ1v) is 8.74. The Morgan fingerprint density at radius 3 is 2.59 bits per heavy atom. The van der Waals surface area contributed by atoms with Crippen molar-refractivity contribution in [1.82, 2.24) is 10.3 Å². The number of carbonyl (C=O) groups is 3. The maximum Gasteiger partial charge on any atom is 0.344 e. The number of aromatic nitrogens is 1. The third-order valence-corrected chi connectivity index (χ3v) is 3.96. The average Bonchev–Trinajstić information content (AvgIpc) is 2.74.